The highest BCUT2D eigenvalue weighted by Crippen LogP contribution is 2.34. The maximum absolute atomic E-state index is 13.7. The van der Waals surface area contributed by atoms with Crippen LogP contribution in [0.15, 0.2) is 42.5 Å². The van der Waals surface area contributed by atoms with Crippen molar-refractivity contribution in [1.29, 1.82) is 0 Å². The third-order valence-corrected chi connectivity index (χ3v) is 5.47. The first kappa shape index (κ1) is 21.3. The van der Waals surface area contributed by atoms with Crippen LogP contribution < -0.4 is 0 Å². The average Bonchev–Trinajstić information content (AvgIpc) is 3.13. The number of hydrogen-bond donors (Lipinski definition) is 1. The number of alkyl halides is 3. The molecule has 3 aromatic rings. The fraction of sp³-hybridized carbons (Fsp3) is 0.364. The number of rotatable bonds is 2. The Balaban J connectivity index is 1.73. The van der Waals surface area contributed by atoms with Crippen molar-refractivity contribution < 1.29 is 27.5 Å². The Morgan fingerprint density at radius 3 is 2.26 bits per heavy atom. The lowest BCUT2D eigenvalue weighted by atomic mass is 10.0. The smallest absolute Gasteiger partial charge is 0.393 e. The highest BCUT2D eigenvalue weighted by atomic mass is 19.4. The summed E-state index contributed by atoms with van der Waals surface area (Å²) in [6.07, 6.45) is -2.70. The van der Waals surface area contributed by atoms with E-state index in [9.17, 15) is 27.5 Å². The van der Waals surface area contributed by atoms with Gasteiger partial charge in [-0.2, -0.15) is 18.3 Å². The largest absolute Gasteiger partial charge is 0.433 e. The Morgan fingerprint density at radius 1 is 1.00 bits per heavy atom. The number of aromatic nitrogens is 2. The Hall–Kier alpha value is -2.94. The first-order valence-electron chi connectivity index (χ1n) is 10.1. The van der Waals surface area contributed by atoms with Crippen LogP contribution in [-0.4, -0.2) is 44.7 Å². The Morgan fingerprint density at radius 2 is 1.65 bits per heavy atom. The lowest BCUT2D eigenvalue weighted by Crippen LogP contribution is -2.35. The number of carbonyl (C=O) groups is 1. The zero-order chi connectivity index (χ0) is 22.2. The number of carbonyl (C=O) groups excluding carboxylic acids is 1. The average molecular weight is 435 g/mol. The summed E-state index contributed by atoms with van der Waals surface area (Å²) in [6.45, 7) is 0.827. The number of aliphatic hydroxyl groups is 1. The summed E-state index contributed by atoms with van der Waals surface area (Å²) in [5, 5.41) is 13.7. The van der Waals surface area contributed by atoms with Crippen molar-refractivity contribution in [2.24, 2.45) is 0 Å². The quantitative estimate of drug-likeness (QED) is 0.602. The summed E-state index contributed by atoms with van der Waals surface area (Å²) in [5.41, 5.74) is -0.285. The van der Waals surface area contributed by atoms with E-state index >= 15 is 0 Å². The Bertz CT molecular complexity index is 1080. The van der Waals surface area contributed by atoms with E-state index in [0.717, 1.165) is 10.6 Å². The van der Waals surface area contributed by atoms with E-state index in [-0.39, 0.29) is 22.9 Å². The van der Waals surface area contributed by atoms with Crippen molar-refractivity contribution in [1.82, 2.24) is 14.5 Å². The molecule has 1 saturated heterocycles. The van der Waals surface area contributed by atoms with E-state index in [1.54, 1.807) is 4.90 Å². The second kappa shape index (κ2) is 8.30. The first-order valence-corrected chi connectivity index (χ1v) is 10.1. The second-order valence-electron chi connectivity index (χ2n) is 7.73. The summed E-state index contributed by atoms with van der Waals surface area (Å²) in [7, 11) is 0. The van der Waals surface area contributed by atoms with Gasteiger partial charge in [0.15, 0.2) is 5.69 Å². The molecule has 1 aromatic carbocycles. The first-order chi connectivity index (χ1) is 14.7. The van der Waals surface area contributed by atoms with Gasteiger partial charge in [0.2, 0.25) is 0 Å². The molecular weight excluding hydrogens is 414 g/mol. The molecule has 0 spiro atoms. The normalized spacial score (nSPS) is 16.4. The van der Waals surface area contributed by atoms with Gasteiger partial charge in [-0.15, -0.1) is 0 Å². The van der Waals surface area contributed by atoms with Crippen LogP contribution in [-0.2, 0) is 6.18 Å². The van der Waals surface area contributed by atoms with Gasteiger partial charge in [0.25, 0.3) is 5.91 Å². The van der Waals surface area contributed by atoms with Crippen LogP contribution in [0.4, 0.5) is 17.6 Å². The van der Waals surface area contributed by atoms with Gasteiger partial charge < -0.3 is 10.0 Å². The van der Waals surface area contributed by atoms with Crippen molar-refractivity contribution in [3.05, 3.63) is 59.7 Å². The molecule has 4 rings (SSSR count). The van der Waals surface area contributed by atoms with Gasteiger partial charge in [-0.3, -0.25) is 4.79 Å². The fourth-order valence-corrected chi connectivity index (χ4v) is 3.87. The number of likely N-dealkylation sites (tertiary alicyclic amines) is 1. The zero-order valence-corrected chi connectivity index (χ0v) is 16.6. The standard InChI is InChI=1S/C22H21F4N3O2/c23-16-7-5-14(6-8-16)15-11-17-13-19(27-29(17)20(12-15)22(24,25)26)21(31)28-9-1-3-18(30)4-2-10-28/h5-8,11-13,18,30H,1-4,9-10H2. The summed E-state index contributed by atoms with van der Waals surface area (Å²) in [4.78, 5) is 14.5. The fourth-order valence-electron chi connectivity index (χ4n) is 3.87. The molecule has 1 aliphatic rings. The van der Waals surface area contributed by atoms with Gasteiger partial charge in [0.1, 0.15) is 11.5 Å². The number of nitrogens with zero attached hydrogens (tertiary/aromatic N) is 3. The van der Waals surface area contributed by atoms with Crippen molar-refractivity contribution in [2.75, 3.05) is 13.1 Å². The molecule has 0 radical (unpaired) electrons. The Labute approximate surface area is 175 Å². The van der Waals surface area contributed by atoms with Crippen LogP contribution in [0.3, 0.4) is 0 Å². The van der Waals surface area contributed by atoms with E-state index in [0.29, 0.717) is 44.3 Å². The molecule has 0 aliphatic carbocycles. The number of aliphatic hydroxyl groups excluding tert-OH is 1. The molecule has 31 heavy (non-hydrogen) atoms. The van der Waals surface area contributed by atoms with Crippen molar-refractivity contribution in [3.8, 4) is 11.1 Å². The minimum Gasteiger partial charge on any atom is -0.393 e. The van der Waals surface area contributed by atoms with Gasteiger partial charge in [-0.05, 0) is 67.1 Å². The van der Waals surface area contributed by atoms with Gasteiger partial charge in [-0.25, -0.2) is 8.91 Å². The SMILES string of the molecule is O=C(c1cc2cc(-c3ccc(F)cc3)cc(C(F)(F)F)n2n1)N1CCCC(O)CCC1. The van der Waals surface area contributed by atoms with Gasteiger partial charge in [0.05, 0.1) is 11.6 Å². The number of benzene rings is 1. The van der Waals surface area contributed by atoms with Crippen LogP contribution in [0.2, 0.25) is 0 Å². The molecule has 1 N–H and O–H groups in total. The lowest BCUT2D eigenvalue weighted by molar-refractivity contribution is -0.142. The molecule has 0 atom stereocenters. The number of amides is 1. The molecule has 164 valence electrons. The van der Waals surface area contributed by atoms with Crippen LogP contribution in [0.25, 0.3) is 16.6 Å². The van der Waals surface area contributed by atoms with Gasteiger partial charge in [-0.1, -0.05) is 12.1 Å². The highest BCUT2D eigenvalue weighted by molar-refractivity contribution is 5.94. The molecule has 0 bridgehead atoms. The summed E-state index contributed by atoms with van der Waals surface area (Å²) in [5.74, 6) is -0.921. The van der Waals surface area contributed by atoms with Gasteiger partial charge in [0, 0.05) is 13.1 Å². The monoisotopic (exact) mass is 435 g/mol. The maximum atomic E-state index is 13.7. The van der Waals surface area contributed by atoms with E-state index in [1.165, 1.54) is 36.4 Å². The second-order valence-corrected chi connectivity index (χ2v) is 7.73. The van der Waals surface area contributed by atoms with E-state index in [2.05, 4.69) is 5.10 Å². The molecule has 0 unspecified atom stereocenters. The molecule has 2 aromatic heterocycles. The van der Waals surface area contributed by atoms with Crippen LogP contribution in [0.5, 0.6) is 0 Å². The molecule has 3 heterocycles. The van der Waals surface area contributed by atoms with Crippen molar-refractivity contribution >= 4 is 11.4 Å². The molecule has 1 fully saturated rings. The van der Waals surface area contributed by atoms with Crippen LogP contribution in [0.1, 0.15) is 41.9 Å². The van der Waals surface area contributed by atoms with E-state index in [1.807, 2.05) is 0 Å². The zero-order valence-electron chi connectivity index (χ0n) is 16.6. The number of pyridine rings is 1. The van der Waals surface area contributed by atoms with Crippen molar-refractivity contribution in [3.63, 3.8) is 0 Å². The molecule has 9 heteroatoms. The summed E-state index contributed by atoms with van der Waals surface area (Å²) in [6, 6.07) is 8.94. The van der Waals surface area contributed by atoms with Crippen LogP contribution >= 0.6 is 0 Å². The lowest BCUT2D eigenvalue weighted by Gasteiger charge is -2.25. The summed E-state index contributed by atoms with van der Waals surface area (Å²) < 4.78 is 55.2. The minimum absolute atomic E-state index is 0.0668. The van der Waals surface area contributed by atoms with Crippen LogP contribution in [0, 0.1) is 5.82 Å². The van der Waals surface area contributed by atoms with Crippen molar-refractivity contribution in [2.45, 2.75) is 38.0 Å². The minimum atomic E-state index is -4.70. The predicted molar refractivity (Wildman–Crippen MR) is 106 cm³/mol. The molecule has 0 saturated carbocycles. The molecule has 1 amide bonds. The predicted octanol–water partition coefficient (Wildman–Crippen LogP) is 4.54. The molecule has 1 aliphatic heterocycles. The topological polar surface area (TPSA) is 57.8 Å². The van der Waals surface area contributed by atoms with E-state index < -0.39 is 23.6 Å². The third kappa shape index (κ3) is 4.56. The Kier molecular flexibility index (Phi) is 5.70. The number of fused-ring (bicyclic) bond motifs is 1. The number of hydrogen-bond acceptors (Lipinski definition) is 3. The summed E-state index contributed by atoms with van der Waals surface area (Å²) >= 11 is 0. The highest BCUT2D eigenvalue weighted by Gasteiger charge is 2.35. The molecular formula is C22H21F4N3O2. The maximum Gasteiger partial charge on any atom is 0.433 e. The van der Waals surface area contributed by atoms with E-state index in [4.69, 9.17) is 0 Å². The molecule has 5 nitrogen and oxygen atoms in total. The third-order valence-electron chi connectivity index (χ3n) is 5.47. The number of halogens is 4. The van der Waals surface area contributed by atoms with Gasteiger partial charge >= 0.3 is 6.18 Å².